The lowest BCUT2D eigenvalue weighted by atomic mass is 10.0. The number of rotatable bonds is 3. The van der Waals surface area contributed by atoms with E-state index >= 15 is 0 Å². The number of nitrogens with one attached hydrogen (secondary N) is 1. The summed E-state index contributed by atoms with van der Waals surface area (Å²) in [4.78, 5) is 23.2. The summed E-state index contributed by atoms with van der Waals surface area (Å²) in [6.45, 7) is 3.15. The summed E-state index contributed by atoms with van der Waals surface area (Å²) in [7, 11) is 1.28. The number of hydrogen-bond acceptors (Lipinski definition) is 4. The first-order chi connectivity index (χ1) is 7.86. The van der Waals surface area contributed by atoms with Gasteiger partial charge in [0.05, 0.1) is 7.11 Å². The Morgan fingerprint density at radius 1 is 1.24 bits per heavy atom. The normalized spacial score (nSPS) is 10.8. The minimum atomic E-state index is -1.06. The molecule has 1 aromatic rings. The Bertz CT molecular complexity index is 424. The number of carbonyl (C=O) groups is 2. The molecular formula is C12H16N2O3. The third-order valence-electron chi connectivity index (χ3n) is 2.29. The van der Waals surface area contributed by atoms with Gasteiger partial charge in [0.15, 0.2) is 0 Å². The average molecular weight is 236 g/mol. The molecule has 0 heterocycles. The van der Waals surface area contributed by atoms with Crippen LogP contribution in [0, 0.1) is 0 Å². The molecule has 0 spiro atoms. The highest BCUT2D eigenvalue weighted by Crippen LogP contribution is 2.09. The number of benzene rings is 1. The molecule has 0 saturated carbocycles. The Morgan fingerprint density at radius 2 is 1.76 bits per heavy atom. The Hall–Kier alpha value is -2.04. The smallest absolute Gasteiger partial charge is 0.330 e. The summed E-state index contributed by atoms with van der Waals surface area (Å²) < 4.78 is 4.60. The van der Waals surface area contributed by atoms with Crippen LogP contribution >= 0.6 is 0 Å². The zero-order chi connectivity index (χ0) is 13.1. The summed E-state index contributed by atoms with van der Waals surface area (Å²) in [5.74, 6) is -0.846. The van der Waals surface area contributed by atoms with Crippen molar-refractivity contribution in [3.8, 4) is 0 Å². The van der Waals surface area contributed by atoms with E-state index in [0.29, 0.717) is 11.3 Å². The molecule has 5 heteroatoms. The van der Waals surface area contributed by atoms with Crippen LogP contribution in [0.1, 0.15) is 24.2 Å². The first kappa shape index (κ1) is 13.0. The molecule has 17 heavy (non-hydrogen) atoms. The number of nitrogens with two attached hydrogens (primary N) is 1. The van der Waals surface area contributed by atoms with E-state index in [1.165, 1.54) is 7.11 Å². The molecule has 0 aliphatic rings. The fourth-order valence-corrected chi connectivity index (χ4v) is 1.30. The number of hydrogen-bond donors (Lipinski definition) is 2. The van der Waals surface area contributed by atoms with E-state index < -0.39 is 11.5 Å². The van der Waals surface area contributed by atoms with E-state index in [9.17, 15) is 9.59 Å². The zero-order valence-corrected chi connectivity index (χ0v) is 10.1. The number of methoxy groups -OCH3 is 1. The SMILES string of the molecule is COC(=O)C(C)(C)NC(=O)c1ccc(N)cc1. The van der Waals surface area contributed by atoms with Gasteiger partial charge in [0, 0.05) is 11.3 Å². The van der Waals surface area contributed by atoms with Crippen LogP contribution < -0.4 is 11.1 Å². The lowest BCUT2D eigenvalue weighted by Gasteiger charge is -2.23. The average Bonchev–Trinajstić information content (AvgIpc) is 2.28. The van der Waals surface area contributed by atoms with Gasteiger partial charge in [-0.05, 0) is 38.1 Å². The molecule has 5 nitrogen and oxygen atoms in total. The van der Waals surface area contributed by atoms with Crippen LogP contribution in [0.5, 0.6) is 0 Å². The second-order valence-corrected chi connectivity index (χ2v) is 4.19. The summed E-state index contributed by atoms with van der Waals surface area (Å²) in [5, 5.41) is 2.59. The molecule has 0 aliphatic heterocycles. The second kappa shape index (κ2) is 4.86. The Kier molecular flexibility index (Phi) is 3.73. The van der Waals surface area contributed by atoms with Gasteiger partial charge in [0.1, 0.15) is 5.54 Å². The minimum absolute atomic E-state index is 0.347. The molecule has 1 amide bonds. The van der Waals surface area contributed by atoms with E-state index in [4.69, 9.17) is 5.73 Å². The third kappa shape index (κ3) is 3.21. The van der Waals surface area contributed by atoms with E-state index in [0.717, 1.165) is 0 Å². The summed E-state index contributed by atoms with van der Waals surface area (Å²) >= 11 is 0. The molecule has 0 aliphatic carbocycles. The molecule has 0 radical (unpaired) electrons. The fourth-order valence-electron chi connectivity index (χ4n) is 1.30. The van der Waals surface area contributed by atoms with Crippen molar-refractivity contribution < 1.29 is 14.3 Å². The van der Waals surface area contributed by atoms with Gasteiger partial charge in [-0.15, -0.1) is 0 Å². The maximum Gasteiger partial charge on any atom is 0.330 e. The Balaban J connectivity index is 2.79. The molecule has 1 aromatic carbocycles. The van der Waals surface area contributed by atoms with E-state index in [-0.39, 0.29) is 5.91 Å². The summed E-state index contributed by atoms with van der Waals surface area (Å²) in [6.07, 6.45) is 0. The predicted octanol–water partition coefficient (Wildman–Crippen LogP) is 0.950. The van der Waals surface area contributed by atoms with Gasteiger partial charge in [-0.2, -0.15) is 0 Å². The molecule has 0 aromatic heterocycles. The highest BCUT2D eigenvalue weighted by Gasteiger charge is 2.30. The van der Waals surface area contributed by atoms with Gasteiger partial charge >= 0.3 is 5.97 Å². The number of anilines is 1. The van der Waals surface area contributed by atoms with Crippen molar-refractivity contribution in [1.29, 1.82) is 0 Å². The van der Waals surface area contributed by atoms with Crippen LogP contribution in [-0.2, 0) is 9.53 Å². The van der Waals surface area contributed by atoms with Crippen molar-refractivity contribution in [2.75, 3.05) is 12.8 Å². The van der Waals surface area contributed by atoms with Crippen molar-refractivity contribution in [2.24, 2.45) is 0 Å². The van der Waals surface area contributed by atoms with Gasteiger partial charge < -0.3 is 15.8 Å². The zero-order valence-electron chi connectivity index (χ0n) is 10.1. The maximum atomic E-state index is 11.8. The molecule has 1 rings (SSSR count). The first-order valence-electron chi connectivity index (χ1n) is 5.13. The van der Waals surface area contributed by atoms with Gasteiger partial charge in [0.25, 0.3) is 5.91 Å². The lowest BCUT2D eigenvalue weighted by Crippen LogP contribution is -2.50. The largest absolute Gasteiger partial charge is 0.467 e. The third-order valence-corrected chi connectivity index (χ3v) is 2.29. The lowest BCUT2D eigenvalue weighted by molar-refractivity contribution is -0.146. The Morgan fingerprint density at radius 3 is 2.24 bits per heavy atom. The number of nitrogen functional groups attached to an aromatic ring is 1. The second-order valence-electron chi connectivity index (χ2n) is 4.19. The molecular weight excluding hydrogens is 220 g/mol. The monoisotopic (exact) mass is 236 g/mol. The molecule has 0 bridgehead atoms. The van der Waals surface area contributed by atoms with Crippen molar-refractivity contribution in [2.45, 2.75) is 19.4 Å². The molecule has 0 saturated heterocycles. The quantitative estimate of drug-likeness (QED) is 0.604. The van der Waals surface area contributed by atoms with Crippen molar-refractivity contribution in [3.05, 3.63) is 29.8 Å². The number of ether oxygens (including phenoxy) is 1. The van der Waals surface area contributed by atoms with Crippen molar-refractivity contribution in [1.82, 2.24) is 5.32 Å². The van der Waals surface area contributed by atoms with Crippen molar-refractivity contribution >= 4 is 17.6 Å². The van der Waals surface area contributed by atoms with Crippen LogP contribution in [0.2, 0.25) is 0 Å². The van der Waals surface area contributed by atoms with Crippen molar-refractivity contribution in [3.63, 3.8) is 0 Å². The van der Waals surface area contributed by atoms with E-state index in [2.05, 4.69) is 10.1 Å². The summed E-state index contributed by atoms with van der Waals surface area (Å²) in [5.41, 5.74) is 5.47. The van der Waals surface area contributed by atoms with Gasteiger partial charge in [0.2, 0.25) is 0 Å². The Labute approximate surface area is 99.9 Å². The van der Waals surface area contributed by atoms with Crippen LogP contribution in [0.3, 0.4) is 0 Å². The number of amides is 1. The number of esters is 1. The van der Waals surface area contributed by atoms with Crippen LogP contribution in [0.25, 0.3) is 0 Å². The first-order valence-corrected chi connectivity index (χ1v) is 5.13. The van der Waals surface area contributed by atoms with E-state index in [1.807, 2.05) is 0 Å². The van der Waals surface area contributed by atoms with Crippen LogP contribution in [0.4, 0.5) is 5.69 Å². The fraction of sp³-hybridized carbons (Fsp3) is 0.333. The van der Waals surface area contributed by atoms with Crippen LogP contribution in [-0.4, -0.2) is 24.5 Å². The van der Waals surface area contributed by atoms with Gasteiger partial charge in [-0.3, -0.25) is 4.79 Å². The maximum absolute atomic E-state index is 11.8. The highest BCUT2D eigenvalue weighted by atomic mass is 16.5. The van der Waals surface area contributed by atoms with Gasteiger partial charge in [-0.1, -0.05) is 0 Å². The summed E-state index contributed by atoms with van der Waals surface area (Å²) in [6, 6.07) is 6.44. The topological polar surface area (TPSA) is 81.4 Å². The molecule has 92 valence electrons. The minimum Gasteiger partial charge on any atom is -0.467 e. The number of carbonyl (C=O) groups excluding carboxylic acids is 2. The van der Waals surface area contributed by atoms with E-state index in [1.54, 1.807) is 38.1 Å². The molecule has 3 N–H and O–H groups in total. The van der Waals surface area contributed by atoms with Crippen LogP contribution in [0.15, 0.2) is 24.3 Å². The molecule has 0 fully saturated rings. The molecule has 0 unspecified atom stereocenters. The molecule has 0 atom stereocenters. The standard InChI is InChI=1S/C12H16N2O3/c1-12(2,11(16)17-3)14-10(15)8-4-6-9(13)7-5-8/h4-7H,13H2,1-3H3,(H,14,15). The van der Waals surface area contributed by atoms with Gasteiger partial charge in [-0.25, -0.2) is 4.79 Å². The predicted molar refractivity (Wildman–Crippen MR) is 64.4 cm³/mol. The highest BCUT2D eigenvalue weighted by molar-refractivity contribution is 5.98.